The van der Waals surface area contributed by atoms with Crippen LogP contribution in [-0.2, 0) is 11.2 Å². The summed E-state index contributed by atoms with van der Waals surface area (Å²) < 4.78 is 11.7. The highest BCUT2D eigenvalue weighted by Crippen LogP contribution is 2.29. The number of aryl methyl sites for hydroxylation is 1. The molecule has 27 heavy (non-hydrogen) atoms. The summed E-state index contributed by atoms with van der Waals surface area (Å²) in [5.74, 6) is 0.898. The summed E-state index contributed by atoms with van der Waals surface area (Å²) in [5.41, 5.74) is 3.94. The Morgan fingerprint density at radius 1 is 1.11 bits per heavy atom. The van der Waals surface area contributed by atoms with E-state index < -0.39 is 6.10 Å². The van der Waals surface area contributed by atoms with Crippen molar-refractivity contribution >= 4 is 23.0 Å². The number of carbonyl (C=O) groups is 1. The highest BCUT2D eigenvalue weighted by atomic mass is 16.5. The highest BCUT2D eigenvalue weighted by molar-refractivity contribution is 5.83. The van der Waals surface area contributed by atoms with E-state index in [2.05, 4.69) is 9.88 Å². The molecule has 0 bridgehead atoms. The number of carbonyl (C=O) groups excluding carboxylic acids is 1. The van der Waals surface area contributed by atoms with E-state index in [4.69, 9.17) is 9.15 Å². The van der Waals surface area contributed by atoms with Crippen LogP contribution in [0.4, 0.5) is 6.01 Å². The molecule has 1 atom stereocenters. The van der Waals surface area contributed by atoms with Crippen LogP contribution in [0.3, 0.4) is 0 Å². The fraction of sp³-hybridized carbons (Fsp3) is 0.333. The quantitative estimate of drug-likeness (QED) is 0.701. The zero-order valence-electron chi connectivity index (χ0n) is 15.2. The SMILES string of the molecule is Cc1ccc2oc(N3CCN(C(=O)C4Cc5ccccc5O4)CC3)nc2c1. The summed E-state index contributed by atoms with van der Waals surface area (Å²) in [6.07, 6.45) is 0.251. The van der Waals surface area contributed by atoms with Crippen molar-refractivity contribution in [1.82, 2.24) is 9.88 Å². The first-order valence-corrected chi connectivity index (χ1v) is 9.33. The smallest absolute Gasteiger partial charge is 0.298 e. The van der Waals surface area contributed by atoms with Gasteiger partial charge in [-0.1, -0.05) is 24.3 Å². The van der Waals surface area contributed by atoms with Crippen LogP contribution in [0.5, 0.6) is 5.75 Å². The molecule has 3 aromatic rings. The standard InChI is InChI=1S/C21H21N3O3/c1-14-6-7-18-16(12-14)22-21(27-18)24-10-8-23(9-11-24)20(25)19-13-15-4-2-3-5-17(15)26-19/h2-7,12,19H,8-11,13H2,1H3. The molecule has 0 radical (unpaired) electrons. The van der Waals surface area contributed by atoms with Gasteiger partial charge in [-0.15, -0.1) is 0 Å². The Labute approximate surface area is 157 Å². The van der Waals surface area contributed by atoms with Crippen LogP contribution in [0.15, 0.2) is 46.9 Å². The number of hydrogen-bond acceptors (Lipinski definition) is 5. The first-order chi connectivity index (χ1) is 13.2. The Balaban J connectivity index is 1.24. The summed E-state index contributed by atoms with van der Waals surface area (Å²) in [7, 11) is 0. The van der Waals surface area contributed by atoms with Crippen molar-refractivity contribution in [3.63, 3.8) is 0 Å². The van der Waals surface area contributed by atoms with E-state index in [9.17, 15) is 4.79 Å². The number of nitrogens with zero attached hydrogens (tertiary/aromatic N) is 3. The number of anilines is 1. The summed E-state index contributed by atoms with van der Waals surface area (Å²) in [5, 5.41) is 0. The second-order valence-corrected chi connectivity index (χ2v) is 7.20. The lowest BCUT2D eigenvalue weighted by Crippen LogP contribution is -2.52. The predicted octanol–water partition coefficient (Wildman–Crippen LogP) is 2.79. The van der Waals surface area contributed by atoms with Crippen molar-refractivity contribution in [2.75, 3.05) is 31.1 Å². The third-order valence-electron chi connectivity index (χ3n) is 5.32. The fourth-order valence-corrected chi connectivity index (χ4v) is 3.80. The zero-order chi connectivity index (χ0) is 18.4. The number of aromatic nitrogens is 1. The first-order valence-electron chi connectivity index (χ1n) is 9.33. The number of oxazole rings is 1. The fourth-order valence-electron chi connectivity index (χ4n) is 3.80. The molecule has 1 amide bonds. The van der Waals surface area contributed by atoms with Crippen molar-refractivity contribution in [3.8, 4) is 5.75 Å². The average Bonchev–Trinajstić information content (AvgIpc) is 3.31. The van der Waals surface area contributed by atoms with Crippen LogP contribution in [0.2, 0.25) is 0 Å². The monoisotopic (exact) mass is 363 g/mol. The maximum absolute atomic E-state index is 12.8. The molecule has 1 fully saturated rings. The molecule has 5 rings (SSSR count). The number of benzene rings is 2. The Kier molecular flexibility index (Phi) is 3.77. The lowest BCUT2D eigenvalue weighted by molar-refractivity contribution is -0.138. The van der Waals surface area contributed by atoms with E-state index in [-0.39, 0.29) is 5.91 Å². The van der Waals surface area contributed by atoms with Crippen LogP contribution < -0.4 is 9.64 Å². The van der Waals surface area contributed by atoms with Gasteiger partial charge in [-0.3, -0.25) is 4.79 Å². The van der Waals surface area contributed by atoms with Gasteiger partial charge in [0.05, 0.1) is 0 Å². The van der Waals surface area contributed by atoms with Gasteiger partial charge in [0, 0.05) is 32.6 Å². The highest BCUT2D eigenvalue weighted by Gasteiger charge is 2.34. The molecular weight excluding hydrogens is 342 g/mol. The van der Waals surface area contributed by atoms with Crippen LogP contribution >= 0.6 is 0 Å². The normalized spacial score (nSPS) is 19.2. The molecule has 1 unspecified atom stereocenters. The molecule has 2 aromatic carbocycles. The minimum Gasteiger partial charge on any atom is -0.480 e. The lowest BCUT2D eigenvalue weighted by Gasteiger charge is -2.34. The van der Waals surface area contributed by atoms with Crippen LogP contribution in [0.1, 0.15) is 11.1 Å². The summed E-state index contributed by atoms with van der Waals surface area (Å²) in [6, 6.07) is 14.5. The topological polar surface area (TPSA) is 58.8 Å². The molecule has 1 saturated heterocycles. The van der Waals surface area contributed by atoms with Crippen molar-refractivity contribution < 1.29 is 13.9 Å². The predicted molar refractivity (Wildman–Crippen MR) is 102 cm³/mol. The third-order valence-corrected chi connectivity index (χ3v) is 5.32. The van der Waals surface area contributed by atoms with Gasteiger partial charge < -0.3 is 19.0 Å². The van der Waals surface area contributed by atoms with E-state index >= 15 is 0 Å². The first kappa shape index (κ1) is 16.2. The molecule has 138 valence electrons. The maximum atomic E-state index is 12.8. The molecule has 0 spiro atoms. The van der Waals surface area contributed by atoms with E-state index in [0.29, 0.717) is 38.6 Å². The molecule has 0 N–H and O–H groups in total. The van der Waals surface area contributed by atoms with Gasteiger partial charge in [0.25, 0.3) is 11.9 Å². The molecule has 2 aliphatic rings. The minimum absolute atomic E-state index is 0.0686. The minimum atomic E-state index is -0.402. The lowest BCUT2D eigenvalue weighted by atomic mass is 10.1. The zero-order valence-corrected chi connectivity index (χ0v) is 15.2. The molecule has 0 aliphatic carbocycles. The molecule has 2 aliphatic heterocycles. The number of fused-ring (bicyclic) bond motifs is 2. The summed E-state index contributed by atoms with van der Waals surface area (Å²) in [6.45, 7) is 4.75. The molecule has 1 aromatic heterocycles. The van der Waals surface area contributed by atoms with E-state index in [0.717, 1.165) is 28.0 Å². The number of hydrogen-bond donors (Lipinski definition) is 0. The van der Waals surface area contributed by atoms with Gasteiger partial charge in [0.15, 0.2) is 11.7 Å². The van der Waals surface area contributed by atoms with Crippen molar-refractivity contribution in [1.29, 1.82) is 0 Å². The van der Waals surface area contributed by atoms with E-state index in [1.165, 1.54) is 0 Å². The Hall–Kier alpha value is -3.02. The molecule has 3 heterocycles. The van der Waals surface area contributed by atoms with Crippen LogP contribution in [-0.4, -0.2) is 48.1 Å². The van der Waals surface area contributed by atoms with Crippen molar-refractivity contribution in [3.05, 3.63) is 53.6 Å². The van der Waals surface area contributed by atoms with Gasteiger partial charge >= 0.3 is 0 Å². The summed E-state index contributed by atoms with van der Waals surface area (Å²) in [4.78, 5) is 21.4. The molecule has 6 heteroatoms. The number of amides is 1. The average molecular weight is 363 g/mol. The third kappa shape index (κ3) is 2.91. The second kappa shape index (κ2) is 6.30. The van der Waals surface area contributed by atoms with Gasteiger partial charge in [-0.05, 0) is 36.2 Å². The van der Waals surface area contributed by atoms with Crippen molar-refractivity contribution in [2.45, 2.75) is 19.4 Å². The molecular formula is C21H21N3O3. The molecule has 6 nitrogen and oxygen atoms in total. The maximum Gasteiger partial charge on any atom is 0.298 e. The summed E-state index contributed by atoms with van der Waals surface area (Å²) >= 11 is 0. The largest absolute Gasteiger partial charge is 0.480 e. The number of rotatable bonds is 2. The van der Waals surface area contributed by atoms with Gasteiger partial charge in [0.1, 0.15) is 11.3 Å². The van der Waals surface area contributed by atoms with Crippen LogP contribution in [0.25, 0.3) is 11.1 Å². The number of piperazine rings is 1. The van der Waals surface area contributed by atoms with Gasteiger partial charge in [0.2, 0.25) is 0 Å². The van der Waals surface area contributed by atoms with E-state index in [1.54, 1.807) is 0 Å². The van der Waals surface area contributed by atoms with Crippen molar-refractivity contribution in [2.24, 2.45) is 0 Å². The molecule has 0 saturated carbocycles. The second-order valence-electron chi connectivity index (χ2n) is 7.20. The van der Waals surface area contributed by atoms with Crippen LogP contribution in [0, 0.1) is 6.92 Å². The number of ether oxygens (including phenoxy) is 1. The Morgan fingerprint density at radius 2 is 1.93 bits per heavy atom. The van der Waals surface area contributed by atoms with Gasteiger partial charge in [-0.2, -0.15) is 4.98 Å². The van der Waals surface area contributed by atoms with Gasteiger partial charge in [-0.25, -0.2) is 0 Å². The number of para-hydroxylation sites is 1. The Morgan fingerprint density at radius 3 is 2.74 bits per heavy atom. The Bertz CT molecular complexity index is 980. The van der Waals surface area contributed by atoms with E-state index in [1.807, 2.05) is 54.3 Å².